The van der Waals surface area contributed by atoms with E-state index in [2.05, 4.69) is 34.2 Å². The normalized spacial score (nSPS) is 19.5. The van der Waals surface area contributed by atoms with Crippen LogP contribution in [0, 0.1) is 12.7 Å². The number of ether oxygens (including phenoxy) is 2. The molecule has 0 unspecified atom stereocenters. The molecule has 0 bridgehead atoms. The third-order valence-electron chi connectivity index (χ3n) is 6.87. The van der Waals surface area contributed by atoms with Crippen molar-refractivity contribution in [3.05, 3.63) is 53.1 Å². The van der Waals surface area contributed by atoms with Crippen LogP contribution in [-0.4, -0.2) is 47.7 Å². The van der Waals surface area contributed by atoms with Gasteiger partial charge in [-0.25, -0.2) is 14.4 Å². The Bertz CT molecular complexity index is 1250. The number of rotatable bonds is 7. The first-order valence-corrected chi connectivity index (χ1v) is 11.8. The predicted octanol–water partition coefficient (Wildman–Crippen LogP) is 6.14. The molecule has 0 aliphatic carbocycles. The predicted molar refractivity (Wildman–Crippen MR) is 130 cm³/mol. The number of aromatic nitrogens is 2. The van der Waals surface area contributed by atoms with Crippen LogP contribution in [0.25, 0.3) is 10.9 Å². The van der Waals surface area contributed by atoms with Crippen molar-refractivity contribution in [2.45, 2.75) is 57.9 Å². The van der Waals surface area contributed by atoms with Gasteiger partial charge in [0.2, 0.25) is 0 Å². The summed E-state index contributed by atoms with van der Waals surface area (Å²) in [5.74, 6) is 0.518. The summed E-state index contributed by atoms with van der Waals surface area (Å²) in [6, 6.07) is 6.71. The number of halogens is 4. The topological polar surface area (TPSA) is 59.5 Å². The molecule has 0 spiro atoms. The van der Waals surface area contributed by atoms with Gasteiger partial charge in [0, 0.05) is 29.1 Å². The van der Waals surface area contributed by atoms with Gasteiger partial charge in [-0.15, -0.1) is 0 Å². The molecule has 1 fully saturated rings. The molecule has 0 amide bonds. The van der Waals surface area contributed by atoms with E-state index in [-0.39, 0.29) is 11.6 Å². The van der Waals surface area contributed by atoms with E-state index >= 15 is 0 Å². The molecule has 0 saturated carbocycles. The first-order chi connectivity index (χ1) is 17.0. The zero-order chi connectivity index (χ0) is 26.2. The SMILES string of the molecule is COc1cc2nc(C)nc(N[C@H](C)c3cccc(C(F)(F)F)c3F)c2cc1OC[C@@H]1CC[C@@H](C)N1C. The van der Waals surface area contributed by atoms with E-state index in [0.29, 0.717) is 46.7 Å². The Morgan fingerprint density at radius 3 is 2.56 bits per heavy atom. The number of methoxy groups -OCH3 is 1. The molecule has 4 rings (SSSR count). The van der Waals surface area contributed by atoms with Gasteiger partial charge in [0.05, 0.1) is 24.2 Å². The number of benzene rings is 2. The molecule has 2 aromatic carbocycles. The first-order valence-electron chi connectivity index (χ1n) is 11.8. The van der Waals surface area contributed by atoms with Gasteiger partial charge in [-0.1, -0.05) is 12.1 Å². The van der Waals surface area contributed by atoms with E-state index in [1.807, 2.05) is 0 Å². The summed E-state index contributed by atoms with van der Waals surface area (Å²) in [4.78, 5) is 11.2. The minimum absolute atomic E-state index is 0.113. The molecule has 10 heteroatoms. The number of hydrogen-bond donors (Lipinski definition) is 1. The quantitative estimate of drug-likeness (QED) is 0.389. The summed E-state index contributed by atoms with van der Waals surface area (Å²) in [5.41, 5.74) is -0.848. The molecule has 1 aliphatic rings. The number of nitrogens with zero attached hydrogens (tertiary/aromatic N) is 3. The number of likely N-dealkylation sites (tertiary alicyclic amines) is 1. The number of nitrogens with one attached hydrogen (secondary N) is 1. The molecule has 194 valence electrons. The molecule has 6 nitrogen and oxygen atoms in total. The van der Waals surface area contributed by atoms with Crippen molar-refractivity contribution < 1.29 is 27.0 Å². The zero-order valence-electron chi connectivity index (χ0n) is 20.9. The average molecular weight is 507 g/mol. The molecule has 2 heterocycles. The highest BCUT2D eigenvalue weighted by Gasteiger charge is 2.35. The molecule has 1 saturated heterocycles. The maximum Gasteiger partial charge on any atom is 0.419 e. The van der Waals surface area contributed by atoms with Gasteiger partial charge < -0.3 is 14.8 Å². The van der Waals surface area contributed by atoms with Crippen molar-refractivity contribution in [1.29, 1.82) is 0 Å². The number of alkyl halides is 3. The van der Waals surface area contributed by atoms with E-state index in [1.165, 1.54) is 12.1 Å². The molecule has 0 radical (unpaired) electrons. The number of hydrogen-bond acceptors (Lipinski definition) is 6. The fourth-order valence-corrected chi connectivity index (χ4v) is 4.61. The lowest BCUT2D eigenvalue weighted by atomic mass is 10.0. The Labute approximate surface area is 207 Å². The van der Waals surface area contributed by atoms with Crippen LogP contribution in [0.4, 0.5) is 23.4 Å². The van der Waals surface area contributed by atoms with Crippen molar-refractivity contribution in [2.75, 3.05) is 26.1 Å². The van der Waals surface area contributed by atoms with E-state index in [0.717, 1.165) is 18.9 Å². The fraction of sp³-hybridized carbons (Fsp3) is 0.462. The van der Waals surface area contributed by atoms with Crippen LogP contribution < -0.4 is 14.8 Å². The maximum atomic E-state index is 14.8. The van der Waals surface area contributed by atoms with Crippen LogP contribution in [-0.2, 0) is 6.18 Å². The second-order valence-electron chi connectivity index (χ2n) is 9.27. The van der Waals surface area contributed by atoms with Crippen LogP contribution in [0.1, 0.15) is 49.7 Å². The summed E-state index contributed by atoms with van der Waals surface area (Å²) in [7, 11) is 3.62. The minimum Gasteiger partial charge on any atom is -0.493 e. The van der Waals surface area contributed by atoms with Gasteiger partial charge in [-0.05, 0) is 52.8 Å². The average Bonchev–Trinajstić information content (AvgIpc) is 3.13. The summed E-state index contributed by atoms with van der Waals surface area (Å²) in [6.45, 7) is 5.95. The lowest BCUT2D eigenvalue weighted by Gasteiger charge is -2.24. The summed E-state index contributed by atoms with van der Waals surface area (Å²) < 4.78 is 66.1. The Hall–Kier alpha value is -3.14. The van der Waals surface area contributed by atoms with Crippen molar-refractivity contribution in [3.8, 4) is 11.5 Å². The molecule has 3 atom stereocenters. The fourth-order valence-electron chi connectivity index (χ4n) is 4.61. The molecule has 1 aliphatic heterocycles. The van der Waals surface area contributed by atoms with Crippen LogP contribution in [0.5, 0.6) is 11.5 Å². The van der Waals surface area contributed by atoms with Gasteiger partial charge in [0.25, 0.3) is 0 Å². The highest BCUT2D eigenvalue weighted by atomic mass is 19.4. The first kappa shape index (κ1) is 25.9. The highest BCUT2D eigenvalue weighted by Crippen LogP contribution is 2.37. The largest absolute Gasteiger partial charge is 0.493 e. The summed E-state index contributed by atoms with van der Waals surface area (Å²) in [6.07, 6.45) is -2.65. The Balaban J connectivity index is 1.67. The number of likely N-dealkylation sites (N-methyl/N-ethyl adjacent to an activating group) is 1. The second kappa shape index (κ2) is 10.1. The van der Waals surface area contributed by atoms with Gasteiger partial charge in [-0.2, -0.15) is 13.2 Å². The van der Waals surface area contributed by atoms with Crippen LogP contribution in [0.15, 0.2) is 30.3 Å². The van der Waals surface area contributed by atoms with E-state index in [4.69, 9.17) is 9.47 Å². The second-order valence-corrected chi connectivity index (χ2v) is 9.27. The molecule has 36 heavy (non-hydrogen) atoms. The molecular formula is C26H30F4N4O2. The Morgan fingerprint density at radius 2 is 1.92 bits per heavy atom. The van der Waals surface area contributed by atoms with Crippen molar-refractivity contribution >= 4 is 16.7 Å². The van der Waals surface area contributed by atoms with Gasteiger partial charge in [0.1, 0.15) is 24.1 Å². The van der Waals surface area contributed by atoms with Crippen LogP contribution in [0.3, 0.4) is 0 Å². The highest BCUT2D eigenvalue weighted by molar-refractivity contribution is 5.92. The smallest absolute Gasteiger partial charge is 0.419 e. The Kier molecular flexibility index (Phi) is 7.26. The maximum absolute atomic E-state index is 14.8. The molecular weight excluding hydrogens is 476 g/mol. The molecule has 3 aromatic rings. The van der Waals surface area contributed by atoms with E-state index < -0.39 is 23.6 Å². The standard InChI is InChI=1S/C26H30F4N4O2/c1-14-9-10-17(34(14)4)13-36-23-11-19-21(12-22(23)35-5)32-16(3)33-25(19)31-15(2)18-7-6-8-20(24(18)27)26(28,29)30/h6-8,11-12,14-15,17H,9-10,13H2,1-5H3,(H,31,32,33)/t14-,15-,17+/m1/s1. The van der Waals surface area contributed by atoms with E-state index in [1.54, 1.807) is 33.1 Å². The van der Waals surface area contributed by atoms with Gasteiger partial charge >= 0.3 is 6.18 Å². The van der Waals surface area contributed by atoms with Crippen molar-refractivity contribution in [3.63, 3.8) is 0 Å². The van der Waals surface area contributed by atoms with Gasteiger partial charge in [-0.3, -0.25) is 4.90 Å². The third-order valence-corrected chi connectivity index (χ3v) is 6.87. The molecule has 1 aromatic heterocycles. The van der Waals surface area contributed by atoms with Gasteiger partial charge in [0.15, 0.2) is 11.5 Å². The molecule has 1 N–H and O–H groups in total. The third kappa shape index (κ3) is 5.18. The minimum atomic E-state index is -4.79. The van der Waals surface area contributed by atoms with Crippen molar-refractivity contribution in [1.82, 2.24) is 14.9 Å². The van der Waals surface area contributed by atoms with Crippen molar-refractivity contribution in [2.24, 2.45) is 0 Å². The summed E-state index contributed by atoms with van der Waals surface area (Å²) in [5, 5.41) is 3.66. The number of aryl methyl sites for hydroxylation is 1. The van der Waals surface area contributed by atoms with E-state index in [9.17, 15) is 17.6 Å². The number of anilines is 1. The Morgan fingerprint density at radius 1 is 1.17 bits per heavy atom. The zero-order valence-corrected chi connectivity index (χ0v) is 20.9. The van der Waals surface area contributed by atoms with Crippen LogP contribution >= 0.6 is 0 Å². The lowest BCUT2D eigenvalue weighted by molar-refractivity contribution is -0.140. The monoisotopic (exact) mass is 506 g/mol. The van der Waals surface area contributed by atoms with Crippen LogP contribution in [0.2, 0.25) is 0 Å². The number of fused-ring (bicyclic) bond motifs is 1. The lowest BCUT2D eigenvalue weighted by Crippen LogP contribution is -2.34. The summed E-state index contributed by atoms with van der Waals surface area (Å²) >= 11 is 0.